The van der Waals surface area contributed by atoms with Gasteiger partial charge in [0.1, 0.15) is 0 Å². The van der Waals surface area contributed by atoms with Gasteiger partial charge < -0.3 is 5.32 Å². The Balaban J connectivity index is 1.63. The molecule has 1 fully saturated rings. The van der Waals surface area contributed by atoms with Gasteiger partial charge in [-0.05, 0) is 49.6 Å². The molecule has 0 bridgehead atoms. The summed E-state index contributed by atoms with van der Waals surface area (Å²) in [7, 11) is 0. The molecule has 1 saturated heterocycles. The minimum absolute atomic E-state index is 0.0459. The third-order valence-corrected chi connectivity index (χ3v) is 4.84. The molecule has 0 saturated carbocycles. The Bertz CT molecular complexity index is 689. The summed E-state index contributed by atoms with van der Waals surface area (Å²) >= 11 is 6.05. The summed E-state index contributed by atoms with van der Waals surface area (Å²) in [6.07, 6.45) is 1.98. The van der Waals surface area contributed by atoms with Gasteiger partial charge in [-0.3, -0.25) is 9.69 Å². The highest BCUT2D eigenvalue weighted by molar-refractivity contribution is 6.30. The molecule has 126 valence electrons. The van der Waals surface area contributed by atoms with Crippen LogP contribution in [0.15, 0.2) is 54.6 Å². The summed E-state index contributed by atoms with van der Waals surface area (Å²) in [5, 5.41) is 3.84. The van der Waals surface area contributed by atoms with Gasteiger partial charge >= 0.3 is 0 Å². The van der Waals surface area contributed by atoms with E-state index in [0.29, 0.717) is 5.02 Å². The number of amides is 1. The number of nitrogens with one attached hydrogen (secondary N) is 1. The van der Waals surface area contributed by atoms with Crippen molar-refractivity contribution in [2.24, 2.45) is 0 Å². The molecule has 0 radical (unpaired) electrons. The fourth-order valence-corrected chi connectivity index (χ4v) is 3.50. The number of hydrogen-bond donors (Lipinski definition) is 1. The molecule has 1 N–H and O–H groups in total. The van der Waals surface area contributed by atoms with Gasteiger partial charge in [-0.15, -0.1) is 0 Å². The first-order valence-electron chi connectivity index (χ1n) is 8.47. The lowest BCUT2D eigenvalue weighted by molar-refractivity contribution is -0.126. The maximum Gasteiger partial charge on any atom is 0.237 e. The molecule has 1 heterocycles. The highest BCUT2D eigenvalue weighted by atomic mass is 35.5. The van der Waals surface area contributed by atoms with Crippen molar-refractivity contribution in [1.82, 2.24) is 10.2 Å². The van der Waals surface area contributed by atoms with E-state index >= 15 is 0 Å². The Morgan fingerprint density at radius 2 is 2.04 bits per heavy atom. The van der Waals surface area contributed by atoms with Crippen LogP contribution in [0.4, 0.5) is 0 Å². The number of nitrogens with zero attached hydrogens (tertiary/aromatic N) is 1. The Morgan fingerprint density at radius 3 is 2.79 bits per heavy atom. The van der Waals surface area contributed by atoms with Crippen molar-refractivity contribution < 1.29 is 4.79 Å². The molecule has 1 aliphatic rings. The quantitative estimate of drug-likeness (QED) is 0.884. The average Bonchev–Trinajstić information content (AvgIpc) is 3.04. The molecule has 4 heteroatoms. The van der Waals surface area contributed by atoms with Crippen molar-refractivity contribution in [3.05, 3.63) is 70.7 Å². The minimum atomic E-state index is -0.0492. The lowest BCUT2D eigenvalue weighted by Gasteiger charge is -2.25. The van der Waals surface area contributed by atoms with Crippen LogP contribution in [0.2, 0.25) is 5.02 Å². The second-order valence-electron chi connectivity index (χ2n) is 6.40. The zero-order valence-corrected chi connectivity index (χ0v) is 14.7. The van der Waals surface area contributed by atoms with Crippen LogP contribution in [-0.4, -0.2) is 23.4 Å². The Kier molecular flexibility index (Phi) is 5.54. The molecule has 0 aromatic heterocycles. The molecule has 2 atom stereocenters. The number of hydrogen-bond acceptors (Lipinski definition) is 2. The molecular formula is C20H23ClN2O. The first-order chi connectivity index (χ1) is 11.6. The summed E-state index contributed by atoms with van der Waals surface area (Å²) in [5.74, 6) is 0.107. The fourth-order valence-electron chi connectivity index (χ4n) is 3.30. The van der Waals surface area contributed by atoms with Gasteiger partial charge in [-0.1, -0.05) is 54.1 Å². The normalized spacial score (nSPS) is 19.2. The first kappa shape index (κ1) is 17.0. The fraction of sp³-hybridized carbons (Fsp3) is 0.350. The molecule has 1 aliphatic heterocycles. The van der Waals surface area contributed by atoms with Crippen molar-refractivity contribution in [3.8, 4) is 0 Å². The molecule has 0 aliphatic carbocycles. The monoisotopic (exact) mass is 342 g/mol. The van der Waals surface area contributed by atoms with E-state index < -0.39 is 0 Å². The lowest BCUT2D eigenvalue weighted by atomic mass is 10.1. The maximum absolute atomic E-state index is 12.7. The number of carbonyl (C=O) groups excluding carboxylic acids is 1. The van der Waals surface area contributed by atoms with Crippen LogP contribution in [0.5, 0.6) is 0 Å². The molecule has 3 rings (SSSR count). The zero-order valence-electron chi connectivity index (χ0n) is 13.9. The summed E-state index contributed by atoms with van der Waals surface area (Å²) in [6, 6.07) is 17.9. The number of carbonyl (C=O) groups is 1. The largest absolute Gasteiger partial charge is 0.348 e. The maximum atomic E-state index is 12.7. The second-order valence-corrected chi connectivity index (χ2v) is 6.84. The molecule has 0 spiro atoms. The number of likely N-dealkylation sites (tertiary alicyclic amines) is 1. The van der Waals surface area contributed by atoms with E-state index in [0.717, 1.165) is 31.5 Å². The summed E-state index contributed by atoms with van der Waals surface area (Å²) in [4.78, 5) is 15.0. The molecular weight excluding hydrogens is 320 g/mol. The van der Waals surface area contributed by atoms with Crippen molar-refractivity contribution in [1.29, 1.82) is 0 Å². The molecule has 3 nitrogen and oxygen atoms in total. The predicted octanol–water partition coefficient (Wildman–Crippen LogP) is 4.18. The van der Waals surface area contributed by atoms with E-state index in [2.05, 4.69) is 22.3 Å². The molecule has 2 aromatic rings. The van der Waals surface area contributed by atoms with Crippen LogP contribution in [0.1, 0.15) is 36.9 Å². The number of halogens is 1. The van der Waals surface area contributed by atoms with Crippen molar-refractivity contribution in [2.75, 3.05) is 6.54 Å². The molecule has 2 aromatic carbocycles. The molecule has 24 heavy (non-hydrogen) atoms. The van der Waals surface area contributed by atoms with Crippen molar-refractivity contribution in [3.63, 3.8) is 0 Å². The van der Waals surface area contributed by atoms with Gasteiger partial charge in [0.25, 0.3) is 0 Å². The Labute approximate surface area is 148 Å². The highest BCUT2D eigenvalue weighted by Crippen LogP contribution is 2.22. The number of rotatable bonds is 5. The van der Waals surface area contributed by atoms with E-state index in [9.17, 15) is 4.79 Å². The first-order valence-corrected chi connectivity index (χ1v) is 8.85. The van der Waals surface area contributed by atoms with E-state index in [1.807, 2.05) is 49.4 Å². The van der Waals surface area contributed by atoms with Gasteiger partial charge in [0.2, 0.25) is 5.91 Å². The minimum Gasteiger partial charge on any atom is -0.348 e. The third kappa shape index (κ3) is 4.16. The summed E-state index contributed by atoms with van der Waals surface area (Å²) in [5.41, 5.74) is 2.28. The van der Waals surface area contributed by atoms with Gasteiger partial charge in [-0.2, -0.15) is 0 Å². The van der Waals surface area contributed by atoms with E-state index in [4.69, 9.17) is 11.6 Å². The average molecular weight is 343 g/mol. The SMILES string of the molecule is C[C@H](NC(=O)[C@H]1CCCN1Cc1ccccc1)c1cccc(Cl)c1. The van der Waals surface area contributed by atoms with Gasteiger partial charge in [0.15, 0.2) is 0 Å². The van der Waals surface area contributed by atoms with E-state index in [-0.39, 0.29) is 18.0 Å². The number of benzene rings is 2. The second kappa shape index (κ2) is 7.82. The van der Waals surface area contributed by atoms with Crippen LogP contribution in [0.3, 0.4) is 0 Å². The van der Waals surface area contributed by atoms with E-state index in [1.165, 1.54) is 5.56 Å². The zero-order chi connectivity index (χ0) is 16.9. The van der Waals surface area contributed by atoms with E-state index in [1.54, 1.807) is 0 Å². The van der Waals surface area contributed by atoms with Gasteiger partial charge in [-0.25, -0.2) is 0 Å². The topological polar surface area (TPSA) is 32.3 Å². The van der Waals surface area contributed by atoms with Crippen LogP contribution in [0, 0.1) is 0 Å². The summed E-state index contributed by atoms with van der Waals surface area (Å²) < 4.78 is 0. The van der Waals surface area contributed by atoms with Gasteiger partial charge in [0.05, 0.1) is 12.1 Å². The third-order valence-electron chi connectivity index (χ3n) is 4.60. The molecule has 0 unspecified atom stereocenters. The Morgan fingerprint density at radius 1 is 1.25 bits per heavy atom. The predicted molar refractivity (Wildman–Crippen MR) is 97.9 cm³/mol. The lowest BCUT2D eigenvalue weighted by Crippen LogP contribution is -2.43. The Hall–Kier alpha value is -1.84. The van der Waals surface area contributed by atoms with Crippen molar-refractivity contribution in [2.45, 2.75) is 38.4 Å². The molecule has 1 amide bonds. The van der Waals surface area contributed by atoms with Crippen LogP contribution >= 0.6 is 11.6 Å². The smallest absolute Gasteiger partial charge is 0.237 e. The van der Waals surface area contributed by atoms with Crippen molar-refractivity contribution >= 4 is 17.5 Å². The van der Waals surface area contributed by atoms with Crippen LogP contribution in [-0.2, 0) is 11.3 Å². The van der Waals surface area contributed by atoms with Crippen LogP contribution in [0.25, 0.3) is 0 Å². The standard InChI is InChI=1S/C20H23ClN2O/c1-15(17-9-5-10-18(21)13-17)22-20(24)19-11-6-12-23(19)14-16-7-3-2-4-8-16/h2-5,7-10,13,15,19H,6,11-12,14H2,1H3,(H,22,24)/t15-,19+/m0/s1. The summed E-state index contributed by atoms with van der Waals surface area (Å²) in [6.45, 7) is 3.79. The van der Waals surface area contributed by atoms with Gasteiger partial charge in [0, 0.05) is 11.6 Å². The highest BCUT2D eigenvalue weighted by Gasteiger charge is 2.31. The van der Waals surface area contributed by atoms with Crippen LogP contribution < -0.4 is 5.32 Å².